The van der Waals surface area contributed by atoms with Crippen molar-refractivity contribution in [1.82, 2.24) is 0 Å². The summed E-state index contributed by atoms with van der Waals surface area (Å²) >= 11 is 0. The van der Waals surface area contributed by atoms with Crippen LogP contribution in [-0.2, 0) is 9.47 Å². The zero-order valence-corrected chi connectivity index (χ0v) is 20.5. The molecular formula is C28H38O4. The van der Waals surface area contributed by atoms with Gasteiger partial charge in [-0.2, -0.15) is 0 Å². The molecule has 0 amide bonds. The smallest absolute Gasteiger partial charge is 0.339 e. The molecule has 0 saturated carbocycles. The van der Waals surface area contributed by atoms with E-state index in [1.165, 1.54) is 11.1 Å². The van der Waals surface area contributed by atoms with Gasteiger partial charge in [-0.1, -0.05) is 46.6 Å². The molecule has 174 valence electrons. The van der Waals surface area contributed by atoms with E-state index in [-0.39, 0.29) is 24.3 Å². The maximum absolute atomic E-state index is 12.5. The third kappa shape index (κ3) is 11.5. The fourth-order valence-electron chi connectivity index (χ4n) is 2.89. The van der Waals surface area contributed by atoms with Crippen LogP contribution >= 0.6 is 0 Å². The van der Waals surface area contributed by atoms with Crippen LogP contribution in [0.15, 0.2) is 70.9 Å². The van der Waals surface area contributed by atoms with Gasteiger partial charge in [0.1, 0.15) is 13.2 Å². The number of hydrogen-bond donors (Lipinski definition) is 0. The standard InChI is InChI=1S/C28H38O4/c1-21(2)11-9-13-23(5)17-19-31-27(29)25-15-7-8-16-26(25)28(30)32-20-18-24(6)14-10-12-22(3)4/h7-8,11-12,15-18H,9-10,13-14,19-20H2,1-6H3. The van der Waals surface area contributed by atoms with Crippen LogP contribution in [0.4, 0.5) is 0 Å². The maximum atomic E-state index is 12.5. The number of allylic oxidation sites excluding steroid dienone is 6. The molecule has 0 N–H and O–H groups in total. The van der Waals surface area contributed by atoms with E-state index in [1.807, 2.05) is 26.0 Å². The number of rotatable bonds is 12. The maximum Gasteiger partial charge on any atom is 0.339 e. The van der Waals surface area contributed by atoms with Crippen LogP contribution in [-0.4, -0.2) is 25.2 Å². The van der Waals surface area contributed by atoms with Crippen LogP contribution in [0.25, 0.3) is 0 Å². The third-order valence-electron chi connectivity index (χ3n) is 4.84. The van der Waals surface area contributed by atoms with E-state index < -0.39 is 11.9 Å². The first kappa shape index (κ1) is 27.2. The lowest BCUT2D eigenvalue weighted by Gasteiger charge is -2.09. The zero-order chi connectivity index (χ0) is 23.9. The molecular weight excluding hydrogens is 400 g/mol. The fraction of sp³-hybridized carbons (Fsp3) is 0.429. The Labute approximate surface area is 193 Å². The van der Waals surface area contributed by atoms with Gasteiger partial charge in [-0.15, -0.1) is 0 Å². The topological polar surface area (TPSA) is 52.6 Å². The number of carbonyl (C=O) groups is 2. The molecule has 0 radical (unpaired) electrons. The number of hydrogen-bond acceptors (Lipinski definition) is 4. The normalized spacial score (nSPS) is 11.6. The van der Waals surface area contributed by atoms with Crippen LogP contribution in [0.5, 0.6) is 0 Å². The van der Waals surface area contributed by atoms with Gasteiger partial charge in [-0.05, 0) is 91.5 Å². The minimum Gasteiger partial charge on any atom is -0.458 e. The molecule has 4 heteroatoms. The van der Waals surface area contributed by atoms with E-state index in [0.717, 1.165) is 36.8 Å². The summed E-state index contributed by atoms with van der Waals surface area (Å²) in [6, 6.07) is 6.60. The highest BCUT2D eigenvalue weighted by atomic mass is 16.5. The molecule has 0 aliphatic rings. The van der Waals surface area contributed by atoms with Crippen molar-refractivity contribution < 1.29 is 19.1 Å². The van der Waals surface area contributed by atoms with Gasteiger partial charge in [0.2, 0.25) is 0 Å². The van der Waals surface area contributed by atoms with Gasteiger partial charge >= 0.3 is 11.9 Å². The largest absolute Gasteiger partial charge is 0.458 e. The molecule has 0 fully saturated rings. The van der Waals surface area contributed by atoms with Gasteiger partial charge in [0.25, 0.3) is 0 Å². The van der Waals surface area contributed by atoms with E-state index in [1.54, 1.807) is 24.3 Å². The Balaban J connectivity index is 2.62. The second-order valence-electron chi connectivity index (χ2n) is 8.48. The molecule has 0 aliphatic carbocycles. The molecule has 0 heterocycles. The summed E-state index contributed by atoms with van der Waals surface area (Å²) in [4.78, 5) is 25.0. The van der Waals surface area contributed by atoms with Gasteiger partial charge < -0.3 is 9.47 Å². The summed E-state index contributed by atoms with van der Waals surface area (Å²) in [5, 5.41) is 0. The summed E-state index contributed by atoms with van der Waals surface area (Å²) in [5.74, 6) is -1.06. The van der Waals surface area contributed by atoms with Gasteiger partial charge in [-0.3, -0.25) is 0 Å². The SMILES string of the molecule is CC(C)=CCCC(C)=CCOC(=O)c1ccccc1C(=O)OCC=C(C)CCC=C(C)C. The van der Waals surface area contributed by atoms with Crippen LogP contribution in [0.3, 0.4) is 0 Å². The van der Waals surface area contributed by atoms with Crippen LogP contribution in [0.1, 0.15) is 87.9 Å². The monoisotopic (exact) mass is 438 g/mol. The molecule has 0 bridgehead atoms. The van der Waals surface area contributed by atoms with Crippen molar-refractivity contribution in [2.75, 3.05) is 13.2 Å². The van der Waals surface area contributed by atoms with Crippen molar-refractivity contribution in [3.8, 4) is 0 Å². The predicted octanol–water partition coefficient (Wildman–Crippen LogP) is 7.39. The van der Waals surface area contributed by atoms with Crippen LogP contribution in [0.2, 0.25) is 0 Å². The Morgan fingerprint density at radius 1 is 0.656 bits per heavy atom. The Hall–Kier alpha value is -2.88. The number of ether oxygens (including phenoxy) is 2. The highest BCUT2D eigenvalue weighted by Gasteiger charge is 2.18. The molecule has 0 saturated heterocycles. The molecule has 0 unspecified atom stereocenters. The molecule has 0 spiro atoms. The first-order valence-electron chi connectivity index (χ1n) is 11.2. The highest BCUT2D eigenvalue weighted by Crippen LogP contribution is 2.14. The van der Waals surface area contributed by atoms with Crippen molar-refractivity contribution in [2.45, 2.75) is 67.2 Å². The summed E-state index contributed by atoms with van der Waals surface area (Å²) < 4.78 is 10.7. The molecule has 4 nitrogen and oxygen atoms in total. The van der Waals surface area contributed by atoms with Crippen LogP contribution < -0.4 is 0 Å². The lowest BCUT2D eigenvalue weighted by molar-refractivity contribution is 0.0502. The molecule has 0 aliphatic heterocycles. The summed E-state index contributed by atoms with van der Waals surface area (Å²) in [6.45, 7) is 12.7. The van der Waals surface area contributed by atoms with Crippen molar-refractivity contribution in [3.05, 3.63) is 82.0 Å². The van der Waals surface area contributed by atoms with Crippen molar-refractivity contribution in [2.24, 2.45) is 0 Å². The minimum absolute atomic E-state index is 0.177. The lowest BCUT2D eigenvalue weighted by Crippen LogP contribution is -2.14. The van der Waals surface area contributed by atoms with Crippen LogP contribution in [0, 0.1) is 0 Å². The van der Waals surface area contributed by atoms with E-state index in [4.69, 9.17) is 9.47 Å². The average molecular weight is 439 g/mol. The Bertz CT molecular complexity index is 803. The average Bonchev–Trinajstić information content (AvgIpc) is 2.73. The quantitative estimate of drug-likeness (QED) is 0.252. The molecule has 1 aromatic carbocycles. The predicted molar refractivity (Wildman–Crippen MR) is 132 cm³/mol. The number of carbonyl (C=O) groups excluding carboxylic acids is 2. The molecule has 1 rings (SSSR count). The summed E-state index contributed by atoms with van der Waals surface area (Å²) in [6.07, 6.45) is 12.0. The first-order chi connectivity index (χ1) is 15.2. The molecule has 0 atom stereocenters. The second-order valence-corrected chi connectivity index (χ2v) is 8.48. The Morgan fingerprint density at radius 3 is 1.38 bits per heavy atom. The summed E-state index contributed by atoms with van der Waals surface area (Å²) in [5.41, 5.74) is 5.35. The Kier molecular flexibility index (Phi) is 12.7. The number of esters is 2. The molecule has 1 aromatic rings. The third-order valence-corrected chi connectivity index (χ3v) is 4.84. The first-order valence-corrected chi connectivity index (χ1v) is 11.2. The van der Waals surface area contributed by atoms with Crippen molar-refractivity contribution in [3.63, 3.8) is 0 Å². The fourth-order valence-corrected chi connectivity index (χ4v) is 2.89. The Morgan fingerprint density at radius 2 is 1.03 bits per heavy atom. The van der Waals surface area contributed by atoms with Gasteiger partial charge in [0.05, 0.1) is 11.1 Å². The summed E-state index contributed by atoms with van der Waals surface area (Å²) in [7, 11) is 0. The lowest BCUT2D eigenvalue weighted by atomic mass is 10.1. The van der Waals surface area contributed by atoms with Crippen molar-refractivity contribution >= 4 is 11.9 Å². The van der Waals surface area contributed by atoms with E-state index >= 15 is 0 Å². The highest BCUT2D eigenvalue weighted by molar-refractivity contribution is 6.03. The zero-order valence-electron chi connectivity index (χ0n) is 20.5. The van der Waals surface area contributed by atoms with Gasteiger partial charge in [0.15, 0.2) is 0 Å². The van der Waals surface area contributed by atoms with E-state index in [9.17, 15) is 9.59 Å². The van der Waals surface area contributed by atoms with E-state index in [2.05, 4.69) is 39.8 Å². The van der Waals surface area contributed by atoms with E-state index in [0.29, 0.717) is 0 Å². The molecule has 32 heavy (non-hydrogen) atoms. The number of benzene rings is 1. The minimum atomic E-state index is -0.528. The molecule has 0 aromatic heterocycles. The van der Waals surface area contributed by atoms with Gasteiger partial charge in [-0.25, -0.2) is 9.59 Å². The van der Waals surface area contributed by atoms with Gasteiger partial charge in [0, 0.05) is 0 Å². The van der Waals surface area contributed by atoms with Crippen molar-refractivity contribution in [1.29, 1.82) is 0 Å². The second kappa shape index (κ2) is 15.0.